The predicted octanol–water partition coefficient (Wildman–Crippen LogP) is 3.51. The average Bonchev–Trinajstić information content (AvgIpc) is 2.46. The van der Waals surface area contributed by atoms with Crippen molar-refractivity contribution in [2.45, 2.75) is 45.8 Å². The topological polar surface area (TPSA) is 70.6 Å². The van der Waals surface area contributed by atoms with Crippen molar-refractivity contribution in [3.05, 3.63) is 42.0 Å². The Hall–Kier alpha value is -2.01. The van der Waals surface area contributed by atoms with Crippen molar-refractivity contribution >= 4 is 6.09 Å². The van der Waals surface area contributed by atoms with E-state index in [4.69, 9.17) is 4.74 Å². The fourth-order valence-electron chi connectivity index (χ4n) is 2.04. The SMILES string of the molecule is CCC(NC/C=C/CNC(=O)OC(C)(C)C)c1ccc(O)cc1. The van der Waals surface area contributed by atoms with Crippen molar-refractivity contribution in [1.29, 1.82) is 0 Å². The fourth-order valence-corrected chi connectivity index (χ4v) is 2.04. The number of carbonyl (C=O) groups is 1. The Morgan fingerprint density at radius 2 is 1.83 bits per heavy atom. The third-order valence-electron chi connectivity index (χ3n) is 3.12. The number of rotatable bonds is 7. The van der Waals surface area contributed by atoms with Crippen molar-refractivity contribution in [2.75, 3.05) is 13.1 Å². The van der Waals surface area contributed by atoms with Gasteiger partial charge >= 0.3 is 6.09 Å². The molecule has 0 fully saturated rings. The lowest BCUT2D eigenvalue weighted by Crippen LogP contribution is -2.32. The van der Waals surface area contributed by atoms with Crippen LogP contribution in [0, 0.1) is 0 Å². The minimum absolute atomic E-state index is 0.235. The van der Waals surface area contributed by atoms with Crippen LogP contribution in [-0.4, -0.2) is 29.9 Å². The van der Waals surface area contributed by atoms with Crippen LogP contribution in [0.25, 0.3) is 0 Å². The number of phenols is 1. The van der Waals surface area contributed by atoms with Crippen LogP contribution in [-0.2, 0) is 4.74 Å². The summed E-state index contributed by atoms with van der Waals surface area (Å²) in [5.41, 5.74) is 0.666. The van der Waals surface area contributed by atoms with Gasteiger partial charge in [0, 0.05) is 19.1 Å². The number of nitrogens with one attached hydrogen (secondary N) is 2. The largest absolute Gasteiger partial charge is 0.508 e. The van der Waals surface area contributed by atoms with Crippen molar-refractivity contribution in [3.63, 3.8) is 0 Å². The summed E-state index contributed by atoms with van der Waals surface area (Å²) in [4.78, 5) is 11.5. The molecule has 0 spiro atoms. The van der Waals surface area contributed by atoms with E-state index < -0.39 is 11.7 Å². The molecule has 0 aliphatic heterocycles. The van der Waals surface area contributed by atoms with Crippen LogP contribution in [0.2, 0.25) is 0 Å². The highest BCUT2D eigenvalue weighted by Gasteiger charge is 2.14. The molecule has 1 aromatic rings. The van der Waals surface area contributed by atoms with E-state index in [0.717, 1.165) is 12.0 Å². The zero-order valence-corrected chi connectivity index (χ0v) is 14.4. The summed E-state index contributed by atoms with van der Waals surface area (Å²) in [6, 6.07) is 7.47. The zero-order valence-electron chi connectivity index (χ0n) is 14.4. The Morgan fingerprint density at radius 1 is 1.22 bits per heavy atom. The zero-order chi connectivity index (χ0) is 17.3. The Balaban J connectivity index is 2.29. The Kier molecular flexibility index (Phi) is 7.62. The molecule has 0 aliphatic rings. The molecule has 0 aliphatic carbocycles. The van der Waals surface area contributed by atoms with Crippen molar-refractivity contribution < 1.29 is 14.6 Å². The molecule has 128 valence electrons. The molecule has 1 aromatic carbocycles. The molecule has 0 saturated heterocycles. The molecule has 3 N–H and O–H groups in total. The molecule has 1 amide bonds. The van der Waals surface area contributed by atoms with Gasteiger partial charge in [-0.25, -0.2) is 4.79 Å². The van der Waals surface area contributed by atoms with Gasteiger partial charge in [-0.15, -0.1) is 0 Å². The van der Waals surface area contributed by atoms with Gasteiger partial charge in [0.15, 0.2) is 0 Å². The number of benzene rings is 1. The number of hydrogen-bond acceptors (Lipinski definition) is 4. The van der Waals surface area contributed by atoms with Crippen molar-refractivity contribution in [1.82, 2.24) is 10.6 Å². The highest BCUT2D eigenvalue weighted by molar-refractivity contribution is 5.67. The molecule has 1 rings (SSSR count). The Morgan fingerprint density at radius 3 is 2.39 bits per heavy atom. The lowest BCUT2D eigenvalue weighted by Gasteiger charge is -2.19. The number of ether oxygens (including phenoxy) is 1. The quantitative estimate of drug-likeness (QED) is 0.672. The molecule has 0 aromatic heterocycles. The third-order valence-corrected chi connectivity index (χ3v) is 3.12. The van der Waals surface area contributed by atoms with Gasteiger partial charge in [-0.3, -0.25) is 0 Å². The molecule has 5 nitrogen and oxygen atoms in total. The second kappa shape index (κ2) is 9.20. The van der Waals surface area contributed by atoms with Crippen LogP contribution < -0.4 is 10.6 Å². The lowest BCUT2D eigenvalue weighted by atomic mass is 10.0. The molecule has 0 bridgehead atoms. The molecule has 0 heterocycles. The number of amides is 1. The maximum Gasteiger partial charge on any atom is 0.407 e. The molecule has 0 radical (unpaired) electrons. The average molecular weight is 320 g/mol. The van der Waals surface area contributed by atoms with Crippen LogP contribution in [0.1, 0.15) is 45.7 Å². The van der Waals surface area contributed by atoms with Gasteiger partial charge in [0.05, 0.1) is 0 Å². The third kappa shape index (κ3) is 8.26. The van der Waals surface area contributed by atoms with E-state index in [0.29, 0.717) is 13.1 Å². The molecule has 5 heteroatoms. The van der Waals surface area contributed by atoms with Crippen LogP contribution >= 0.6 is 0 Å². The first-order valence-corrected chi connectivity index (χ1v) is 7.96. The Bertz CT molecular complexity index is 504. The minimum Gasteiger partial charge on any atom is -0.508 e. The standard InChI is InChI=1S/C18H28N2O3/c1-5-16(14-8-10-15(21)11-9-14)19-12-6-7-13-20-17(22)23-18(2,3)4/h6-11,16,19,21H,5,12-13H2,1-4H3,(H,20,22)/b7-6+. The van der Waals surface area contributed by atoms with Crippen LogP contribution in [0.3, 0.4) is 0 Å². The number of aromatic hydroxyl groups is 1. The molecule has 1 unspecified atom stereocenters. The number of hydrogen-bond donors (Lipinski definition) is 3. The number of phenolic OH excluding ortho intramolecular Hbond substituents is 1. The van der Waals surface area contributed by atoms with Gasteiger partial charge < -0.3 is 20.5 Å². The van der Waals surface area contributed by atoms with Gasteiger partial charge in [-0.05, 0) is 44.9 Å². The van der Waals surface area contributed by atoms with E-state index in [-0.39, 0.29) is 11.8 Å². The molecule has 1 atom stereocenters. The summed E-state index contributed by atoms with van der Waals surface area (Å²) in [5, 5.41) is 15.4. The van der Waals surface area contributed by atoms with E-state index in [1.54, 1.807) is 12.1 Å². The van der Waals surface area contributed by atoms with Crippen LogP contribution in [0.4, 0.5) is 4.79 Å². The van der Waals surface area contributed by atoms with Gasteiger partial charge in [0.25, 0.3) is 0 Å². The summed E-state index contributed by atoms with van der Waals surface area (Å²) in [6.45, 7) is 8.75. The molecular weight excluding hydrogens is 292 g/mol. The summed E-state index contributed by atoms with van der Waals surface area (Å²) in [7, 11) is 0. The first-order chi connectivity index (χ1) is 10.8. The smallest absolute Gasteiger partial charge is 0.407 e. The van der Waals surface area contributed by atoms with Crippen LogP contribution in [0.15, 0.2) is 36.4 Å². The summed E-state index contributed by atoms with van der Waals surface area (Å²) >= 11 is 0. The minimum atomic E-state index is -0.478. The first-order valence-electron chi connectivity index (χ1n) is 7.96. The van der Waals surface area contributed by atoms with E-state index >= 15 is 0 Å². The maximum atomic E-state index is 11.5. The maximum absolute atomic E-state index is 11.5. The van der Waals surface area contributed by atoms with Crippen molar-refractivity contribution in [3.8, 4) is 5.75 Å². The second-order valence-electron chi connectivity index (χ2n) is 6.31. The molecular formula is C18H28N2O3. The van der Waals surface area contributed by atoms with E-state index in [2.05, 4.69) is 17.6 Å². The lowest BCUT2D eigenvalue weighted by molar-refractivity contribution is 0.0534. The highest BCUT2D eigenvalue weighted by atomic mass is 16.6. The summed E-state index contributed by atoms with van der Waals surface area (Å²) in [6.07, 6.45) is 4.40. The highest BCUT2D eigenvalue weighted by Crippen LogP contribution is 2.19. The number of carbonyl (C=O) groups excluding carboxylic acids is 1. The van der Waals surface area contributed by atoms with Gasteiger partial charge in [-0.2, -0.15) is 0 Å². The predicted molar refractivity (Wildman–Crippen MR) is 92.5 cm³/mol. The van der Waals surface area contributed by atoms with Crippen molar-refractivity contribution in [2.24, 2.45) is 0 Å². The summed E-state index contributed by atoms with van der Waals surface area (Å²) < 4.78 is 5.15. The molecule has 0 saturated carbocycles. The van der Waals surface area contributed by atoms with E-state index in [1.165, 1.54) is 0 Å². The summed E-state index contributed by atoms with van der Waals surface area (Å²) in [5.74, 6) is 0.275. The van der Waals surface area contributed by atoms with E-state index in [1.807, 2.05) is 45.1 Å². The van der Waals surface area contributed by atoms with Gasteiger partial charge in [0.1, 0.15) is 11.4 Å². The monoisotopic (exact) mass is 320 g/mol. The molecule has 23 heavy (non-hydrogen) atoms. The first kappa shape index (κ1) is 19.0. The second-order valence-corrected chi connectivity index (χ2v) is 6.31. The van der Waals surface area contributed by atoms with Gasteiger partial charge in [0.2, 0.25) is 0 Å². The van der Waals surface area contributed by atoms with E-state index in [9.17, 15) is 9.90 Å². The fraction of sp³-hybridized carbons (Fsp3) is 0.500. The number of alkyl carbamates (subject to hydrolysis) is 1. The Labute approximate surface area is 138 Å². The van der Waals surface area contributed by atoms with Crippen LogP contribution in [0.5, 0.6) is 5.75 Å². The van der Waals surface area contributed by atoms with Gasteiger partial charge in [-0.1, -0.05) is 31.2 Å². The normalized spacial score (nSPS) is 13.0.